The molecule has 2 aromatic rings. The third-order valence-corrected chi connectivity index (χ3v) is 7.60. The van der Waals surface area contributed by atoms with Gasteiger partial charge in [-0.05, 0) is 43.9 Å². The van der Waals surface area contributed by atoms with Crippen LogP contribution < -0.4 is 4.74 Å². The van der Waals surface area contributed by atoms with Crippen molar-refractivity contribution in [1.29, 1.82) is 0 Å². The first-order chi connectivity index (χ1) is 18.4. The number of esters is 1. The first kappa shape index (κ1) is 31.9. The second kappa shape index (κ2) is 18.0. The number of nitrogens with zero attached hydrogens (tertiary/aromatic N) is 1. The van der Waals surface area contributed by atoms with Gasteiger partial charge in [0.1, 0.15) is 12.3 Å². The summed E-state index contributed by atoms with van der Waals surface area (Å²) in [5.74, 6) is 0.538. The van der Waals surface area contributed by atoms with E-state index >= 15 is 0 Å². The maximum Gasteiger partial charge on any atom is 0.367 e. The van der Waals surface area contributed by atoms with Crippen molar-refractivity contribution in [3.8, 4) is 5.75 Å². The Kier molecular flexibility index (Phi) is 15.1. The van der Waals surface area contributed by atoms with Crippen LogP contribution in [0.1, 0.15) is 109 Å². The number of carbonyl (C=O) groups is 1. The van der Waals surface area contributed by atoms with Crippen LogP contribution in [0.4, 0.5) is 0 Å². The van der Waals surface area contributed by atoms with Crippen molar-refractivity contribution in [3.05, 3.63) is 65.7 Å². The highest BCUT2D eigenvalue weighted by atomic mass is 16.7. The zero-order valence-corrected chi connectivity index (χ0v) is 24.9. The molecule has 0 aliphatic carbocycles. The summed E-state index contributed by atoms with van der Waals surface area (Å²) in [5, 5.41) is 0. The minimum Gasteiger partial charge on any atom is -0.455 e. The molecular formula is C34H54NO3+. The summed E-state index contributed by atoms with van der Waals surface area (Å²) in [5.41, 5.74) is 2.55. The first-order valence-electron chi connectivity index (χ1n) is 15.2. The van der Waals surface area contributed by atoms with Gasteiger partial charge < -0.3 is 14.0 Å². The van der Waals surface area contributed by atoms with Gasteiger partial charge in [0.25, 0.3) is 0 Å². The van der Waals surface area contributed by atoms with Gasteiger partial charge in [-0.1, -0.05) is 114 Å². The number of carbonyl (C=O) groups excluding carboxylic acids is 1. The molecule has 0 spiro atoms. The molecule has 0 radical (unpaired) electrons. The van der Waals surface area contributed by atoms with E-state index in [0.29, 0.717) is 10.9 Å². The van der Waals surface area contributed by atoms with E-state index < -0.39 is 6.29 Å². The second-order valence-electron chi connectivity index (χ2n) is 11.4. The van der Waals surface area contributed by atoms with Gasteiger partial charge in [0.05, 0.1) is 14.1 Å². The van der Waals surface area contributed by atoms with E-state index in [2.05, 4.69) is 52.2 Å². The molecule has 38 heavy (non-hydrogen) atoms. The third-order valence-electron chi connectivity index (χ3n) is 7.60. The molecule has 212 valence electrons. The topological polar surface area (TPSA) is 35.5 Å². The van der Waals surface area contributed by atoms with Crippen molar-refractivity contribution in [2.75, 3.05) is 14.1 Å². The molecule has 0 saturated heterocycles. The summed E-state index contributed by atoms with van der Waals surface area (Å²) < 4.78 is 12.5. The van der Waals surface area contributed by atoms with Crippen LogP contribution in [0.2, 0.25) is 0 Å². The molecular weight excluding hydrogens is 470 g/mol. The van der Waals surface area contributed by atoms with E-state index in [1.165, 1.54) is 75.3 Å². The zero-order chi connectivity index (χ0) is 27.6. The Bertz CT molecular complexity index is 878. The number of likely N-dealkylation sites (N-methyl/N-ethyl adjacent to an activating group) is 1. The van der Waals surface area contributed by atoms with Crippen molar-refractivity contribution in [2.24, 2.45) is 0 Å². The molecule has 2 atom stereocenters. The highest BCUT2D eigenvalue weighted by Gasteiger charge is 2.34. The third kappa shape index (κ3) is 12.5. The molecule has 4 heteroatoms. The van der Waals surface area contributed by atoms with E-state index in [1.54, 1.807) is 0 Å². The zero-order valence-electron chi connectivity index (χ0n) is 24.9. The van der Waals surface area contributed by atoms with E-state index in [0.717, 1.165) is 25.1 Å². The standard InChI is InChI=1S/C34H54NO3/c1-6-8-9-10-11-12-13-14-15-17-21-30-24-26-32(27-25-30)37-33(20-7-2)38-34(36)29(3)35(4,5)28-31-22-18-16-19-23-31/h16,18-19,22-27,29,33H,6-15,17,20-21,28H2,1-5H3/q+1. The summed E-state index contributed by atoms with van der Waals surface area (Å²) in [6.07, 6.45) is 15.7. The van der Waals surface area contributed by atoms with Gasteiger partial charge in [-0.25, -0.2) is 4.79 Å². The lowest BCUT2D eigenvalue weighted by atomic mass is 10.0. The van der Waals surface area contributed by atoms with Crippen LogP contribution >= 0.6 is 0 Å². The number of aryl methyl sites for hydroxylation is 1. The second-order valence-corrected chi connectivity index (χ2v) is 11.4. The van der Waals surface area contributed by atoms with Gasteiger partial charge in [0.15, 0.2) is 6.04 Å². The highest BCUT2D eigenvalue weighted by molar-refractivity contribution is 5.74. The number of ether oxygens (including phenoxy) is 2. The van der Waals surface area contributed by atoms with E-state index in [-0.39, 0.29) is 12.0 Å². The van der Waals surface area contributed by atoms with Crippen molar-refractivity contribution in [3.63, 3.8) is 0 Å². The lowest BCUT2D eigenvalue weighted by Gasteiger charge is -2.35. The molecule has 0 fully saturated rings. The molecule has 4 nitrogen and oxygen atoms in total. The summed E-state index contributed by atoms with van der Waals surface area (Å²) in [6, 6.07) is 18.3. The monoisotopic (exact) mass is 524 g/mol. The number of hydrogen-bond acceptors (Lipinski definition) is 3. The lowest BCUT2D eigenvalue weighted by molar-refractivity contribution is -0.917. The van der Waals surface area contributed by atoms with Gasteiger partial charge in [0.2, 0.25) is 6.29 Å². The van der Waals surface area contributed by atoms with Crippen LogP contribution in [0, 0.1) is 0 Å². The first-order valence-corrected chi connectivity index (χ1v) is 15.2. The Hall–Kier alpha value is -2.33. The molecule has 0 bridgehead atoms. The highest BCUT2D eigenvalue weighted by Crippen LogP contribution is 2.21. The summed E-state index contributed by atoms with van der Waals surface area (Å²) in [6.45, 7) is 7.06. The van der Waals surface area contributed by atoms with Crippen LogP contribution in [-0.2, 0) is 22.5 Å². The Morgan fingerprint density at radius 2 is 1.32 bits per heavy atom. The fourth-order valence-corrected chi connectivity index (χ4v) is 4.78. The van der Waals surface area contributed by atoms with Crippen LogP contribution in [-0.4, -0.2) is 36.9 Å². The Labute approximate surface area is 233 Å². The Balaban J connectivity index is 1.75. The SMILES string of the molecule is CCCCCCCCCCCCc1ccc(OC(CCC)OC(=O)C(C)[N+](C)(C)Cc2ccccc2)cc1. The fourth-order valence-electron chi connectivity index (χ4n) is 4.78. The summed E-state index contributed by atoms with van der Waals surface area (Å²) >= 11 is 0. The van der Waals surface area contributed by atoms with Crippen molar-refractivity contribution >= 4 is 5.97 Å². The average molecular weight is 525 g/mol. The van der Waals surface area contributed by atoms with Crippen LogP contribution in [0.5, 0.6) is 5.75 Å². The van der Waals surface area contributed by atoms with E-state index in [1.807, 2.05) is 37.3 Å². The van der Waals surface area contributed by atoms with Crippen molar-refractivity contribution in [2.45, 2.75) is 123 Å². The van der Waals surface area contributed by atoms with E-state index in [9.17, 15) is 4.79 Å². The molecule has 2 unspecified atom stereocenters. The number of quaternary nitrogens is 1. The summed E-state index contributed by atoms with van der Waals surface area (Å²) in [7, 11) is 4.14. The minimum atomic E-state index is -0.570. The molecule has 2 rings (SSSR count). The number of hydrogen-bond donors (Lipinski definition) is 0. The van der Waals surface area contributed by atoms with Crippen LogP contribution in [0.25, 0.3) is 0 Å². The van der Waals surface area contributed by atoms with Gasteiger partial charge in [-0.2, -0.15) is 0 Å². The lowest BCUT2D eigenvalue weighted by Crippen LogP contribution is -2.52. The quantitative estimate of drug-likeness (QED) is 0.0751. The normalized spacial score (nSPS) is 13.2. The summed E-state index contributed by atoms with van der Waals surface area (Å²) in [4.78, 5) is 13.1. The average Bonchev–Trinajstić information content (AvgIpc) is 2.90. The molecule has 0 saturated carbocycles. The molecule has 0 aliphatic heterocycles. The molecule has 0 amide bonds. The Morgan fingerprint density at radius 3 is 1.89 bits per heavy atom. The number of unbranched alkanes of at least 4 members (excludes halogenated alkanes) is 9. The Morgan fingerprint density at radius 1 is 0.737 bits per heavy atom. The minimum absolute atomic E-state index is 0.220. The predicted octanol–water partition coefficient (Wildman–Crippen LogP) is 8.86. The smallest absolute Gasteiger partial charge is 0.367 e. The molecule has 2 aromatic carbocycles. The maximum atomic E-state index is 13.1. The van der Waals surface area contributed by atoms with Crippen LogP contribution in [0.3, 0.4) is 0 Å². The maximum absolute atomic E-state index is 13.1. The predicted molar refractivity (Wildman–Crippen MR) is 159 cm³/mol. The largest absolute Gasteiger partial charge is 0.455 e. The molecule has 0 heterocycles. The van der Waals surface area contributed by atoms with Gasteiger partial charge in [-0.3, -0.25) is 0 Å². The number of rotatable bonds is 20. The molecule has 0 N–H and O–H groups in total. The fraction of sp³-hybridized carbons (Fsp3) is 0.618. The molecule has 0 aliphatic rings. The van der Waals surface area contributed by atoms with E-state index in [4.69, 9.17) is 9.47 Å². The van der Waals surface area contributed by atoms with Gasteiger partial charge in [-0.15, -0.1) is 0 Å². The number of benzene rings is 2. The van der Waals surface area contributed by atoms with Gasteiger partial charge in [0, 0.05) is 12.0 Å². The van der Waals surface area contributed by atoms with Crippen molar-refractivity contribution < 1.29 is 18.8 Å². The molecule has 0 aromatic heterocycles. The van der Waals surface area contributed by atoms with Crippen molar-refractivity contribution in [1.82, 2.24) is 0 Å². The van der Waals surface area contributed by atoms with Gasteiger partial charge >= 0.3 is 5.97 Å². The van der Waals surface area contributed by atoms with Crippen LogP contribution in [0.15, 0.2) is 54.6 Å².